The molecule has 0 aliphatic heterocycles. The van der Waals surface area contributed by atoms with Gasteiger partial charge in [-0.3, -0.25) is 10.4 Å². The first kappa shape index (κ1) is 21.4. The van der Waals surface area contributed by atoms with Crippen LogP contribution in [-0.2, 0) is 0 Å². The van der Waals surface area contributed by atoms with Gasteiger partial charge in [0.05, 0.1) is 16.8 Å². The molecule has 140 valence electrons. The van der Waals surface area contributed by atoms with Gasteiger partial charge < -0.3 is 22.1 Å². The van der Waals surface area contributed by atoms with E-state index in [1.807, 2.05) is 0 Å². The first-order chi connectivity index (χ1) is 12.3. The number of nitrogens with two attached hydrogens (primary N) is 2. The summed E-state index contributed by atoms with van der Waals surface area (Å²) in [5.74, 6) is -0.958. The third-order valence-corrected chi connectivity index (χ3v) is 4.06. The summed E-state index contributed by atoms with van der Waals surface area (Å²) in [7, 11) is 4.88. The predicted molar refractivity (Wildman–Crippen MR) is 107 cm³/mol. The highest BCUT2D eigenvalue weighted by molar-refractivity contribution is 9.10. The Labute approximate surface area is 159 Å². The average molecular weight is 427 g/mol. The van der Waals surface area contributed by atoms with Crippen LogP contribution in [0.3, 0.4) is 0 Å². The number of nitrogen functional groups attached to an aromatic ring is 1. The summed E-state index contributed by atoms with van der Waals surface area (Å²) in [5, 5.41) is 12.8. The lowest BCUT2D eigenvalue weighted by Gasteiger charge is -2.10. The summed E-state index contributed by atoms with van der Waals surface area (Å²) >= 11 is 3.23. The molecule has 2 aromatic rings. The van der Waals surface area contributed by atoms with Crippen LogP contribution < -0.4 is 22.1 Å². The van der Waals surface area contributed by atoms with E-state index in [1.165, 1.54) is 19.2 Å². The van der Waals surface area contributed by atoms with Crippen LogP contribution in [0.2, 0.25) is 0 Å². The molecule has 9 heteroatoms. The number of aliphatic imine (C=N–C) groups is 1. The first-order valence-electron chi connectivity index (χ1n) is 7.47. The monoisotopic (exact) mass is 426 g/mol. The van der Waals surface area contributed by atoms with Crippen LogP contribution in [0.5, 0.6) is 0 Å². The van der Waals surface area contributed by atoms with E-state index in [4.69, 9.17) is 16.9 Å². The summed E-state index contributed by atoms with van der Waals surface area (Å²) in [4.78, 5) is 3.74. The van der Waals surface area contributed by atoms with Gasteiger partial charge in [0.2, 0.25) is 0 Å². The van der Waals surface area contributed by atoms with Gasteiger partial charge in [-0.2, -0.15) is 0 Å². The Bertz CT molecular complexity index is 823. The fourth-order valence-corrected chi connectivity index (χ4v) is 2.69. The van der Waals surface area contributed by atoms with Gasteiger partial charge in [-0.1, -0.05) is 6.07 Å². The second-order valence-electron chi connectivity index (χ2n) is 4.96. The second-order valence-corrected chi connectivity index (χ2v) is 5.82. The van der Waals surface area contributed by atoms with Gasteiger partial charge in [0.25, 0.3) is 0 Å². The molecule has 26 heavy (non-hydrogen) atoms. The van der Waals surface area contributed by atoms with Crippen molar-refractivity contribution in [1.82, 2.24) is 0 Å². The minimum absolute atomic E-state index is 0.0943. The molecule has 7 N–H and O–H groups in total. The third kappa shape index (κ3) is 4.92. The van der Waals surface area contributed by atoms with E-state index >= 15 is 0 Å². The van der Waals surface area contributed by atoms with Crippen LogP contribution in [0.25, 0.3) is 0 Å². The number of hydrogen-bond acceptors (Lipinski definition) is 4. The average Bonchev–Trinajstić information content (AvgIpc) is 2.62. The van der Waals surface area contributed by atoms with Crippen molar-refractivity contribution in [3.05, 3.63) is 57.6 Å². The normalized spacial score (nSPS) is 10.6. The number of benzene rings is 2. The molecule has 0 aliphatic rings. The molecule has 0 saturated carbocycles. The Morgan fingerprint density at radius 1 is 1.04 bits per heavy atom. The smallest absolute Gasteiger partial charge is 0.136 e. The van der Waals surface area contributed by atoms with E-state index in [9.17, 15) is 8.78 Å². The van der Waals surface area contributed by atoms with Gasteiger partial charge in [0.1, 0.15) is 23.3 Å². The molecular formula is C17H21BrF2N6. The highest BCUT2D eigenvalue weighted by Crippen LogP contribution is 2.27. The Kier molecular flexibility index (Phi) is 7.98. The maximum absolute atomic E-state index is 13.3. The van der Waals surface area contributed by atoms with Crippen molar-refractivity contribution < 1.29 is 8.78 Å². The van der Waals surface area contributed by atoms with Crippen LogP contribution in [0.4, 0.5) is 20.2 Å². The van der Waals surface area contributed by atoms with Gasteiger partial charge in [0, 0.05) is 31.3 Å². The van der Waals surface area contributed by atoms with Crippen LogP contribution in [0, 0.1) is 17.0 Å². The molecule has 0 aliphatic carbocycles. The van der Waals surface area contributed by atoms with Crippen molar-refractivity contribution in [2.45, 2.75) is 0 Å². The van der Waals surface area contributed by atoms with E-state index in [1.54, 1.807) is 32.3 Å². The molecule has 2 rings (SSSR count). The number of amidine groups is 2. The van der Waals surface area contributed by atoms with Gasteiger partial charge in [0.15, 0.2) is 0 Å². The summed E-state index contributed by atoms with van der Waals surface area (Å²) in [6, 6.07) is 7.55. The molecule has 6 nitrogen and oxygen atoms in total. The van der Waals surface area contributed by atoms with Crippen molar-refractivity contribution in [3.8, 4) is 0 Å². The molecule has 0 saturated heterocycles. The minimum atomic E-state index is -0.500. The van der Waals surface area contributed by atoms with Gasteiger partial charge >= 0.3 is 0 Å². The Balaban J connectivity index is 0.000000260. The fourth-order valence-electron chi connectivity index (χ4n) is 2.16. The second kappa shape index (κ2) is 9.71. The Morgan fingerprint density at radius 3 is 2.12 bits per heavy atom. The van der Waals surface area contributed by atoms with Crippen molar-refractivity contribution in [2.24, 2.45) is 16.5 Å². The van der Waals surface area contributed by atoms with Crippen molar-refractivity contribution in [2.75, 3.05) is 31.8 Å². The number of rotatable bonds is 4. The molecular weight excluding hydrogens is 406 g/mol. The van der Waals surface area contributed by atoms with Gasteiger partial charge in [-0.05, 0) is 40.2 Å². The van der Waals surface area contributed by atoms with E-state index in [0.29, 0.717) is 21.4 Å². The molecule has 0 amide bonds. The standard InChI is InChI=1S/C9H12FN3.C8H9BrFN3/c1-12-7-5-3-4-6(10)8(7)9(11)13-2;1-13-7-4(9)2-3-5(10)6(7)8(11)12/h3-5,12H,1-2H3,(H2,11,13);2-3,13H,1H3,(H3,11,12). The zero-order chi connectivity index (χ0) is 19.9. The molecule has 0 unspecified atom stereocenters. The summed E-state index contributed by atoms with van der Waals surface area (Å²) in [5.41, 5.74) is 12.3. The molecule has 0 spiro atoms. The molecule has 0 bridgehead atoms. The first-order valence-corrected chi connectivity index (χ1v) is 8.26. The van der Waals surface area contributed by atoms with E-state index in [-0.39, 0.29) is 23.1 Å². The largest absolute Gasteiger partial charge is 0.387 e. The summed E-state index contributed by atoms with van der Waals surface area (Å²) in [6.07, 6.45) is 0. The van der Waals surface area contributed by atoms with E-state index < -0.39 is 5.82 Å². The zero-order valence-corrected chi connectivity index (χ0v) is 16.2. The Hall–Kier alpha value is -2.68. The highest BCUT2D eigenvalue weighted by Gasteiger charge is 2.13. The number of nitrogens with one attached hydrogen (secondary N) is 3. The van der Waals surface area contributed by atoms with Crippen LogP contribution >= 0.6 is 15.9 Å². The lowest BCUT2D eigenvalue weighted by molar-refractivity contribution is 0.625. The maximum Gasteiger partial charge on any atom is 0.136 e. The van der Waals surface area contributed by atoms with Gasteiger partial charge in [-0.25, -0.2) is 8.78 Å². The molecule has 0 heterocycles. The topological polar surface area (TPSA) is 112 Å². The number of halogens is 3. The molecule has 0 radical (unpaired) electrons. The van der Waals surface area contributed by atoms with Crippen molar-refractivity contribution in [3.63, 3.8) is 0 Å². The van der Waals surface area contributed by atoms with Gasteiger partial charge in [-0.15, -0.1) is 0 Å². The number of nitrogens with zero attached hydrogens (tertiary/aromatic N) is 1. The van der Waals surface area contributed by atoms with Crippen molar-refractivity contribution >= 4 is 39.0 Å². The van der Waals surface area contributed by atoms with Crippen molar-refractivity contribution in [1.29, 1.82) is 5.41 Å². The maximum atomic E-state index is 13.3. The van der Waals surface area contributed by atoms with E-state index in [2.05, 4.69) is 31.6 Å². The Morgan fingerprint density at radius 2 is 1.65 bits per heavy atom. The SMILES string of the molecule is CN=C(N)c1c(F)cccc1NC.CNc1c(Br)ccc(F)c1C(=N)N. The predicted octanol–water partition coefficient (Wildman–Crippen LogP) is 3.12. The lowest BCUT2D eigenvalue weighted by Crippen LogP contribution is -2.17. The summed E-state index contributed by atoms with van der Waals surface area (Å²) in [6.45, 7) is 0. The third-order valence-electron chi connectivity index (χ3n) is 3.40. The minimum Gasteiger partial charge on any atom is -0.387 e. The number of anilines is 2. The van der Waals surface area contributed by atoms with Crippen LogP contribution in [0.1, 0.15) is 11.1 Å². The summed E-state index contributed by atoms with van der Waals surface area (Å²) < 4.78 is 27.1. The molecule has 0 atom stereocenters. The lowest BCUT2D eigenvalue weighted by atomic mass is 10.1. The quantitative estimate of drug-likeness (QED) is 0.381. The fraction of sp³-hybridized carbons (Fsp3) is 0.176. The highest BCUT2D eigenvalue weighted by atomic mass is 79.9. The van der Waals surface area contributed by atoms with Crippen LogP contribution in [-0.4, -0.2) is 32.8 Å². The molecule has 0 fully saturated rings. The van der Waals surface area contributed by atoms with Crippen LogP contribution in [0.15, 0.2) is 39.8 Å². The number of hydrogen-bond donors (Lipinski definition) is 5. The molecule has 2 aromatic carbocycles. The van der Waals surface area contributed by atoms with E-state index in [0.717, 1.165) is 0 Å². The zero-order valence-electron chi connectivity index (χ0n) is 14.6. The molecule has 0 aromatic heterocycles.